The highest BCUT2D eigenvalue weighted by molar-refractivity contribution is 7.86. The number of hydroxylamine groups is 2. The van der Waals surface area contributed by atoms with E-state index in [0.29, 0.717) is 5.06 Å². The molecule has 2 rings (SSSR count). The van der Waals surface area contributed by atoms with Gasteiger partial charge in [-0.2, -0.15) is 16.8 Å². The maximum absolute atomic E-state index is 11.6. The van der Waals surface area contributed by atoms with Crippen LogP contribution in [-0.4, -0.2) is 52.9 Å². The zero-order chi connectivity index (χ0) is 18.5. The number of nitrogens with zero attached hydrogens (tertiary/aromatic N) is 3. The fourth-order valence-electron chi connectivity index (χ4n) is 1.86. The fourth-order valence-corrected chi connectivity index (χ4v) is 3.18. The van der Waals surface area contributed by atoms with Crippen molar-refractivity contribution in [3.63, 3.8) is 0 Å². The second kappa shape index (κ2) is 5.60. The molecule has 0 saturated carbocycles. The maximum Gasteiger partial charge on any atom is 0.314 e. The molecule has 0 atom stereocenters. The molecule has 1 aliphatic heterocycles. The molecule has 132 valence electrons. The van der Waals surface area contributed by atoms with Crippen molar-refractivity contribution in [2.75, 3.05) is 0 Å². The van der Waals surface area contributed by atoms with Crippen molar-refractivity contribution in [3.05, 3.63) is 10.4 Å². The van der Waals surface area contributed by atoms with Gasteiger partial charge in [0.2, 0.25) is 5.03 Å². The Bertz CT molecular complexity index is 1050. The summed E-state index contributed by atoms with van der Waals surface area (Å²) in [7, 11) is -9.86. The molecule has 0 spiro atoms. The lowest BCUT2D eigenvalue weighted by atomic mass is 10.1. The summed E-state index contributed by atoms with van der Waals surface area (Å²) in [5, 5.41) is 8.38. The number of aliphatic imine (C=N–C) groups is 1. The molecular weight excluding hydrogens is 362 g/mol. The second-order valence-corrected chi connectivity index (χ2v) is 8.61. The van der Waals surface area contributed by atoms with Crippen LogP contribution in [0.1, 0.15) is 20.8 Å². The highest BCUT2D eigenvalue weighted by atomic mass is 32.2. The standard InChI is InChI=1S/C12H15N3O7S2/c1-12(2,3)15(16)6-8-7-4-5-13-9(7)11(24(20,21)22)14-10(8)23(17,18)19/h4-6,16H,1-3H3,(H,17,18,19)(H,20,21,22). The zero-order valence-corrected chi connectivity index (χ0v) is 14.5. The SMILES string of the molecule is CC(C)(C)N(O)C=c1c(S(=O)(=O)O)nc(S(=O)(=O)O)c2c1=CC=N2. The molecule has 0 bridgehead atoms. The highest BCUT2D eigenvalue weighted by Gasteiger charge is 2.28. The van der Waals surface area contributed by atoms with Gasteiger partial charge in [-0.3, -0.25) is 24.4 Å². The molecule has 0 amide bonds. The molecule has 1 aliphatic rings. The summed E-state index contributed by atoms with van der Waals surface area (Å²) in [4.78, 5) is 7.08. The van der Waals surface area contributed by atoms with E-state index in [-0.39, 0.29) is 16.1 Å². The largest absolute Gasteiger partial charge is 0.314 e. The highest BCUT2D eigenvalue weighted by Crippen LogP contribution is 2.20. The number of rotatable bonds is 3. The zero-order valence-electron chi connectivity index (χ0n) is 12.9. The molecule has 0 unspecified atom stereocenters. The van der Waals surface area contributed by atoms with Gasteiger partial charge in [0.15, 0.2) is 5.03 Å². The van der Waals surface area contributed by atoms with Crippen molar-refractivity contribution < 1.29 is 31.1 Å². The summed E-state index contributed by atoms with van der Waals surface area (Å²) in [6.07, 6.45) is 3.42. The first kappa shape index (κ1) is 18.5. The number of aromatic nitrogens is 1. The first-order chi connectivity index (χ1) is 10.7. The summed E-state index contributed by atoms with van der Waals surface area (Å²) in [6.45, 7) is 4.87. The molecule has 3 N–H and O–H groups in total. The van der Waals surface area contributed by atoms with Crippen LogP contribution in [0.25, 0.3) is 12.3 Å². The number of hydrogen-bond donors (Lipinski definition) is 3. The van der Waals surface area contributed by atoms with Gasteiger partial charge in [-0.1, -0.05) is 0 Å². The van der Waals surface area contributed by atoms with E-state index in [9.17, 15) is 31.1 Å². The summed E-state index contributed by atoms with van der Waals surface area (Å²) in [6, 6.07) is 0. The molecule has 0 aliphatic carbocycles. The van der Waals surface area contributed by atoms with Crippen molar-refractivity contribution in [3.8, 4) is 0 Å². The van der Waals surface area contributed by atoms with E-state index >= 15 is 0 Å². The Morgan fingerprint density at radius 3 is 2.08 bits per heavy atom. The molecular formula is C12H15N3O7S2. The van der Waals surface area contributed by atoms with E-state index in [1.807, 2.05) is 0 Å². The normalized spacial score (nSPS) is 15.3. The van der Waals surface area contributed by atoms with Crippen LogP contribution in [0.15, 0.2) is 15.0 Å². The topological polar surface area (TPSA) is 157 Å². The smallest absolute Gasteiger partial charge is 0.288 e. The molecule has 0 fully saturated rings. The van der Waals surface area contributed by atoms with Crippen LogP contribution in [0.5, 0.6) is 0 Å². The first-order valence-corrected chi connectivity index (χ1v) is 9.34. The van der Waals surface area contributed by atoms with Crippen molar-refractivity contribution in [2.24, 2.45) is 4.99 Å². The quantitative estimate of drug-likeness (QED) is 0.457. The van der Waals surface area contributed by atoms with Crippen molar-refractivity contribution >= 4 is 44.4 Å². The lowest BCUT2D eigenvalue weighted by Gasteiger charge is -2.28. The molecule has 2 heterocycles. The van der Waals surface area contributed by atoms with Crippen LogP contribution >= 0.6 is 0 Å². The molecule has 0 aromatic carbocycles. The van der Waals surface area contributed by atoms with Gasteiger partial charge in [-0.05, 0) is 26.8 Å². The van der Waals surface area contributed by atoms with E-state index in [0.717, 1.165) is 6.20 Å². The van der Waals surface area contributed by atoms with Gasteiger partial charge in [-0.15, -0.1) is 0 Å². The molecule has 0 saturated heterocycles. The summed E-state index contributed by atoms with van der Waals surface area (Å²) in [5.41, 5.74) is -1.12. The third-order valence-electron chi connectivity index (χ3n) is 3.05. The number of fused-ring (bicyclic) bond motifs is 1. The lowest BCUT2D eigenvalue weighted by molar-refractivity contribution is -0.0907. The fraction of sp³-hybridized carbons (Fsp3) is 0.333. The average Bonchev–Trinajstić information content (AvgIpc) is 2.83. The molecule has 1 aromatic heterocycles. The lowest BCUT2D eigenvalue weighted by Crippen LogP contribution is -2.40. The third kappa shape index (κ3) is 3.47. The van der Waals surface area contributed by atoms with Gasteiger partial charge in [0.05, 0.1) is 5.54 Å². The average molecular weight is 377 g/mol. The molecule has 12 heteroatoms. The Labute approximate surface area is 137 Å². The summed E-state index contributed by atoms with van der Waals surface area (Å²) >= 11 is 0. The molecule has 24 heavy (non-hydrogen) atoms. The predicted molar refractivity (Wildman–Crippen MR) is 83.6 cm³/mol. The Hall–Kier alpha value is -1.86. The van der Waals surface area contributed by atoms with E-state index in [2.05, 4.69) is 9.98 Å². The predicted octanol–water partition coefficient (Wildman–Crippen LogP) is -0.701. The van der Waals surface area contributed by atoms with Crippen molar-refractivity contribution in [2.45, 2.75) is 36.4 Å². The first-order valence-electron chi connectivity index (χ1n) is 6.46. The van der Waals surface area contributed by atoms with Crippen LogP contribution in [0.2, 0.25) is 0 Å². The van der Waals surface area contributed by atoms with Crippen LogP contribution in [0.4, 0.5) is 5.69 Å². The molecule has 1 aromatic rings. The Morgan fingerprint density at radius 1 is 1.08 bits per heavy atom. The van der Waals surface area contributed by atoms with Gasteiger partial charge >= 0.3 is 20.2 Å². The number of pyridine rings is 1. The van der Waals surface area contributed by atoms with Crippen LogP contribution in [0.3, 0.4) is 0 Å². The minimum Gasteiger partial charge on any atom is -0.288 e. The van der Waals surface area contributed by atoms with Gasteiger partial charge < -0.3 is 0 Å². The van der Waals surface area contributed by atoms with Crippen molar-refractivity contribution in [1.82, 2.24) is 10.0 Å². The monoisotopic (exact) mass is 377 g/mol. The van der Waals surface area contributed by atoms with E-state index in [1.165, 1.54) is 12.3 Å². The Balaban J connectivity index is 3.03. The van der Waals surface area contributed by atoms with Crippen molar-refractivity contribution in [1.29, 1.82) is 0 Å². The summed E-state index contributed by atoms with van der Waals surface area (Å²) < 4.78 is 64.6. The number of hydrogen-bond acceptors (Lipinski definition) is 8. The van der Waals surface area contributed by atoms with Gasteiger partial charge in [0, 0.05) is 22.9 Å². The van der Waals surface area contributed by atoms with Crippen LogP contribution in [0, 0.1) is 0 Å². The molecule has 0 radical (unpaired) electrons. The second-order valence-electron chi connectivity index (χ2n) is 5.94. The Morgan fingerprint density at radius 2 is 1.62 bits per heavy atom. The third-order valence-corrected chi connectivity index (χ3v) is 4.63. The van der Waals surface area contributed by atoms with E-state index in [4.69, 9.17) is 0 Å². The van der Waals surface area contributed by atoms with E-state index < -0.39 is 35.8 Å². The van der Waals surface area contributed by atoms with Gasteiger partial charge in [-0.25, -0.2) is 4.98 Å². The molecule has 10 nitrogen and oxygen atoms in total. The minimum atomic E-state index is -4.96. The van der Waals surface area contributed by atoms with Gasteiger partial charge in [0.25, 0.3) is 0 Å². The summed E-state index contributed by atoms with van der Waals surface area (Å²) in [5.74, 6) is 0. The maximum atomic E-state index is 11.6. The van der Waals surface area contributed by atoms with Gasteiger partial charge in [0.1, 0.15) is 5.69 Å². The van der Waals surface area contributed by atoms with Crippen LogP contribution in [-0.2, 0) is 20.2 Å². The van der Waals surface area contributed by atoms with E-state index in [1.54, 1.807) is 20.8 Å². The van der Waals surface area contributed by atoms with Crippen LogP contribution < -0.4 is 10.4 Å². The minimum absolute atomic E-state index is 0.0337. The Kier molecular flexibility index (Phi) is 4.31.